The van der Waals surface area contributed by atoms with Gasteiger partial charge in [-0.15, -0.1) is 12.4 Å². The normalized spacial score (nSPS) is 29.3. The lowest BCUT2D eigenvalue weighted by Crippen LogP contribution is -2.59. The first kappa shape index (κ1) is 18.5. The standard InChI is InChI=1S/C13H21F3N2O2.ClH/c14-13(15,16)9-2-1-3-10(8-9)18-11(19)12(17)4-6-20-7-5-12;/h9-10H,1-8,17H2,(H,18,19);1H. The van der Waals surface area contributed by atoms with Gasteiger partial charge in [0.25, 0.3) is 0 Å². The zero-order chi connectivity index (χ0) is 14.8. The number of hydrogen-bond donors (Lipinski definition) is 2. The van der Waals surface area contributed by atoms with Crippen LogP contribution in [0.15, 0.2) is 0 Å². The molecule has 1 aliphatic carbocycles. The van der Waals surface area contributed by atoms with Crippen LogP contribution in [0.4, 0.5) is 13.2 Å². The molecule has 0 aromatic carbocycles. The third kappa shape index (κ3) is 4.72. The van der Waals surface area contributed by atoms with Gasteiger partial charge in [0, 0.05) is 19.3 Å². The molecule has 3 N–H and O–H groups in total. The highest BCUT2D eigenvalue weighted by atomic mass is 35.5. The molecule has 0 bridgehead atoms. The highest BCUT2D eigenvalue weighted by molar-refractivity contribution is 5.86. The quantitative estimate of drug-likeness (QED) is 0.815. The Morgan fingerprint density at radius 1 is 1.24 bits per heavy atom. The maximum atomic E-state index is 12.7. The van der Waals surface area contributed by atoms with E-state index >= 15 is 0 Å². The number of carbonyl (C=O) groups is 1. The third-order valence-corrected chi connectivity index (χ3v) is 4.31. The summed E-state index contributed by atoms with van der Waals surface area (Å²) in [5.74, 6) is -1.65. The average Bonchev–Trinajstić information content (AvgIpc) is 2.39. The molecule has 2 aliphatic rings. The average molecular weight is 331 g/mol. The van der Waals surface area contributed by atoms with Crippen LogP contribution in [-0.4, -0.2) is 36.9 Å². The number of hydrogen-bond acceptors (Lipinski definition) is 3. The van der Waals surface area contributed by atoms with Crippen LogP contribution in [0.2, 0.25) is 0 Å². The van der Waals surface area contributed by atoms with Gasteiger partial charge in [-0.05, 0) is 32.1 Å². The molecule has 0 spiro atoms. The van der Waals surface area contributed by atoms with E-state index in [1.54, 1.807) is 0 Å². The van der Waals surface area contributed by atoms with Crippen LogP contribution in [0.3, 0.4) is 0 Å². The molecule has 1 saturated heterocycles. The minimum absolute atomic E-state index is 0. The van der Waals surface area contributed by atoms with Crippen LogP contribution in [0, 0.1) is 5.92 Å². The summed E-state index contributed by atoms with van der Waals surface area (Å²) in [6, 6.07) is -0.425. The molecule has 21 heavy (non-hydrogen) atoms. The van der Waals surface area contributed by atoms with Crippen molar-refractivity contribution >= 4 is 18.3 Å². The molecule has 1 heterocycles. The molecule has 2 fully saturated rings. The largest absolute Gasteiger partial charge is 0.391 e. The molecule has 0 radical (unpaired) electrons. The molecule has 2 rings (SSSR count). The van der Waals surface area contributed by atoms with Gasteiger partial charge in [0.1, 0.15) is 0 Å². The van der Waals surface area contributed by atoms with Gasteiger partial charge in [0.05, 0.1) is 11.5 Å². The molecular weight excluding hydrogens is 309 g/mol. The Labute approximate surface area is 128 Å². The zero-order valence-electron chi connectivity index (χ0n) is 11.7. The van der Waals surface area contributed by atoms with Crippen molar-refractivity contribution in [3.8, 4) is 0 Å². The lowest BCUT2D eigenvalue weighted by Gasteiger charge is -2.36. The Hall–Kier alpha value is -0.530. The van der Waals surface area contributed by atoms with Gasteiger partial charge in [-0.1, -0.05) is 6.42 Å². The van der Waals surface area contributed by atoms with E-state index in [2.05, 4.69) is 5.32 Å². The fraction of sp³-hybridized carbons (Fsp3) is 0.923. The molecule has 0 aromatic heterocycles. The second-order valence-corrected chi connectivity index (χ2v) is 5.84. The Morgan fingerprint density at radius 2 is 1.86 bits per heavy atom. The molecular formula is C13H22ClF3N2O2. The molecule has 1 saturated carbocycles. The topological polar surface area (TPSA) is 64.4 Å². The van der Waals surface area contributed by atoms with Gasteiger partial charge in [0.2, 0.25) is 5.91 Å². The van der Waals surface area contributed by atoms with Crippen LogP contribution in [-0.2, 0) is 9.53 Å². The van der Waals surface area contributed by atoms with Crippen molar-refractivity contribution < 1.29 is 22.7 Å². The van der Waals surface area contributed by atoms with Crippen LogP contribution in [0.25, 0.3) is 0 Å². The molecule has 2 unspecified atom stereocenters. The van der Waals surface area contributed by atoms with Crippen LogP contribution < -0.4 is 11.1 Å². The second kappa shape index (κ2) is 7.15. The van der Waals surface area contributed by atoms with E-state index in [4.69, 9.17) is 10.5 Å². The maximum absolute atomic E-state index is 12.7. The smallest absolute Gasteiger partial charge is 0.381 e. The zero-order valence-corrected chi connectivity index (χ0v) is 12.6. The van der Waals surface area contributed by atoms with Crippen molar-refractivity contribution in [2.75, 3.05) is 13.2 Å². The number of rotatable bonds is 2. The van der Waals surface area contributed by atoms with Gasteiger partial charge in [0.15, 0.2) is 0 Å². The minimum atomic E-state index is -4.18. The molecule has 8 heteroatoms. The Bertz CT molecular complexity index is 360. The molecule has 1 amide bonds. The lowest BCUT2D eigenvalue weighted by molar-refractivity contribution is -0.184. The van der Waals surface area contributed by atoms with Gasteiger partial charge < -0.3 is 15.8 Å². The van der Waals surface area contributed by atoms with Crippen molar-refractivity contribution in [3.63, 3.8) is 0 Å². The van der Waals surface area contributed by atoms with E-state index in [1.807, 2.05) is 0 Å². The highest BCUT2D eigenvalue weighted by Gasteiger charge is 2.43. The summed E-state index contributed by atoms with van der Waals surface area (Å²) in [7, 11) is 0. The SMILES string of the molecule is Cl.NC1(C(=O)NC2CCCC(C(F)(F)F)C2)CCOCC1. The number of nitrogens with two attached hydrogens (primary N) is 1. The molecule has 4 nitrogen and oxygen atoms in total. The molecule has 1 aliphatic heterocycles. The third-order valence-electron chi connectivity index (χ3n) is 4.31. The number of ether oxygens (including phenoxy) is 1. The number of carbonyl (C=O) groups excluding carboxylic acids is 1. The molecule has 124 valence electrons. The Kier molecular flexibility index (Phi) is 6.31. The maximum Gasteiger partial charge on any atom is 0.391 e. The van der Waals surface area contributed by atoms with Crippen LogP contribution >= 0.6 is 12.4 Å². The summed E-state index contributed by atoms with van der Waals surface area (Å²) in [4.78, 5) is 12.2. The minimum Gasteiger partial charge on any atom is -0.381 e. The van der Waals surface area contributed by atoms with E-state index in [-0.39, 0.29) is 31.2 Å². The fourth-order valence-electron chi connectivity index (χ4n) is 2.91. The van der Waals surface area contributed by atoms with Gasteiger partial charge in [-0.25, -0.2) is 0 Å². The van der Waals surface area contributed by atoms with E-state index in [1.165, 1.54) is 0 Å². The van der Waals surface area contributed by atoms with Crippen LogP contribution in [0.1, 0.15) is 38.5 Å². The second-order valence-electron chi connectivity index (χ2n) is 5.84. The predicted molar refractivity (Wildman–Crippen MR) is 74.2 cm³/mol. The van der Waals surface area contributed by atoms with Crippen molar-refractivity contribution in [3.05, 3.63) is 0 Å². The van der Waals surface area contributed by atoms with E-state index in [0.717, 1.165) is 0 Å². The van der Waals surface area contributed by atoms with Gasteiger partial charge >= 0.3 is 6.18 Å². The lowest BCUT2D eigenvalue weighted by atomic mass is 9.84. The Balaban J connectivity index is 0.00000220. The van der Waals surface area contributed by atoms with E-state index in [0.29, 0.717) is 38.9 Å². The summed E-state index contributed by atoms with van der Waals surface area (Å²) in [5.41, 5.74) is 5.03. The summed E-state index contributed by atoms with van der Waals surface area (Å²) in [5, 5.41) is 2.71. The molecule has 2 atom stereocenters. The number of halogens is 4. The number of alkyl halides is 3. The first-order chi connectivity index (χ1) is 9.31. The van der Waals surface area contributed by atoms with E-state index in [9.17, 15) is 18.0 Å². The Morgan fingerprint density at radius 3 is 2.43 bits per heavy atom. The summed E-state index contributed by atoms with van der Waals surface area (Å²) in [6.07, 6.45) is -2.18. The van der Waals surface area contributed by atoms with Crippen molar-refractivity contribution in [1.29, 1.82) is 0 Å². The first-order valence-corrected chi connectivity index (χ1v) is 7.05. The predicted octanol–water partition coefficient (Wildman–Crippen LogP) is 2.15. The highest BCUT2D eigenvalue weighted by Crippen LogP contribution is 2.37. The number of amides is 1. The van der Waals surface area contributed by atoms with Crippen molar-refractivity contribution in [2.24, 2.45) is 11.7 Å². The molecule has 0 aromatic rings. The summed E-state index contributed by atoms with van der Waals surface area (Å²) >= 11 is 0. The summed E-state index contributed by atoms with van der Waals surface area (Å²) < 4.78 is 43.3. The fourth-order valence-corrected chi connectivity index (χ4v) is 2.91. The number of nitrogens with one attached hydrogen (secondary N) is 1. The van der Waals surface area contributed by atoms with Crippen LogP contribution in [0.5, 0.6) is 0 Å². The monoisotopic (exact) mass is 330 g/mol. The van der Waals surface area contributed by atoms with Crippen molar-refractivity contribution in [1.82, 2.24) is 5.32 Å². The van der Waals surface area contributed by atoms with Gasteiger partial charge in [-0.2, -0.15) is 13.2 Å². The first-order valence-electron chi connectivity index (χ1n) is 7.05. The van der Waals surface area contributed by atoms with E-state index < -0.39 is 23.7 Å². The summed E-state index contributed by atoms with van der Waals surface area (Å²) in [6.45, 7) is 0.833. The van der Waals surface area contributed by atoms with Crippen molar-refractivity contribution in [2.45, 2.75) is 56.3 Å². The van der Waals surface area contributed by atoms with Gasteiger partial charge in [-0.3, -0.25) is 4.79 Å².